The van der Waals surface area contributed by atoms with E-state index >= 15 is 0 Å². The van der Waals surface area contributed by atoms with Crippen LogP contribution in [-0.4, -0.2) is 12.6 Å². The summed E-state index contributed by atoms with van der Waals surface area (Å²) in [4.78, 5) is 12.9. The SMILES string of the molecule is CC1=CC(c2ccccc2OCc2cccc(C(F)(F)F)c2)C(C(=O)OCC(C)C)=C(C)N1. The third-order valence-corrected chi connectivity index (χ3v) is 5.19. The van der Waals surface area contributed by atoms with Crippen molar-refractivity contribution in [2.45, 2.75) is 46.4 Å². The average molecular weight is 460 g/mol. The second-order valence-corrected chi connectivity index (χ2v) is 8.51. The normalized spacial score (nSPS) is 16.4. The van der Waals surface area contributed by atoms with Gasteiger partial charge in [0, 0.05) is 22.9 Å². The topological polar surface area (TPSA) is 47.6 Å². The van der Waals surface area contributed by atoms with Gasteiger partial charge in [0.1, 0.15) is 12.4 Å². The maximum Gasteiger partial charge on any atom is 0.416 e. The van der Waals surface area contributed by atoms with Gasteiger partial charge in [-0.05, 0) is 43.5 Å². The lowest BCUT2D eigenvalue weighted by Gasteiger charge is -2.27. The number of nitrogens with one attached hydrogen (secondary N) is 1. The van der Waals surface area contributed by atoms with E-state index in [1.807, 2.05) is 45.9 Å². The summed E-state index contributed by atoms with van der Waals surface area (Å²) in [5.41, 5.74) is 2.48. The minimum Gasteiger partial charge on any atom is -0.489 e. The van der Waals surface area contributed by atoms with Crippen LogP contribution >= 0.6 is 0 Å². The number of para-hydroxylation sites is 1. The number of benzene rings is 2. The molecule has 4 nitrogen and oxygen atoms in total. The molecule has 0 saturated carbocycles. The zero-order valence-electron chi connectivity index (χ0n) is 19.1. The Hall–Kier alpha value is -3.22. The van der Waals surface area contributed by atoms with E-state index in [9.17, 15) is 18.0 Å². The van der Waals surface area contributed by atoms with Gasteiger partial charge in [-0.2, -0.15) is 13.2 Å². The van der Waals surface area contributed by atoms with Crippen molar-refractivity contribution < 1.29 is 27.4 Å². The maximum absolute atomic E-state index is 13.0. The summed E-state index contributed by atoms with van der Waals surface area (Å²) in [6.45, 7) is 7.92. The fraction of sp³-hybridized carbons (Fsp3) is 0.346. The Balaban J connectivity index is 1.89. The molecular formula is C26H28F3NO3. The third kappa shape index (κ3) is 6.18. The highest BCUT2D eigenvalue weighted by molar-refractivity contribution is 5.92. The van der Waals surface area contributed by atoms with Crippen molar-refractivity contribution in [3.8, 4) is 5.75 Å². The van der Waals surface area contributed by atoms with Crippen molar-refractivity contribution in [2.24, 2.45) is 5.92 Å². The maximum atomic E-state index is 13.0. The molecule has 2 aromatic rings. The standard InChI is InChI=1S/C26H28F3NO3/c1-16(2)14-33-25(31)24-18(4)30-17(3)12-22(24)21-10-5-6-11-23(21)32-15-19-8-7-9-20(13-19)26(27,28)29/h5-13,16,22,30H,14-15H2,1-4H3. The first-order chi connectivity index (χ1) is 15.6. The van der Waals surface area contributed by atoms with Crippen molar-refractivity contribution in [3.63, 3.8) is 0 Å². The molecular weight excluding hydrogens is 431 g/mol. The van der Waals surface area contributed by atoms with E-state index in [4.69, 9.17) is 9.47 Å². The lowest BCUT2D eigenvalue weighted by molar-refractivity contribution is -0.140. The monoisotopic (exact) mass is 459 g/mol. The number of esters is 1. The Kier molecular flexibility index (Phi) is 7.51. The van der Waals surface area contributed by atoms with Gasteiger partial charge in [0.15, 0.2) is 0 Å². The smallest absolute Gasteiger partial charge is 0.416 e. The molecule has 1 unspecified atom stereocenters. The number of allylic oxidation sites excluding steroid dienone is 3. The van der Waals surface area contributed by atoms with E-state index in [0.29, 0.717) is 29.2 Å². The molecule has 0 spiro atoms. The van der Waals surface area contributed by atoms with Gasteiger partial charge < -0.3 is 14.8 Å². The van der Waals surface area contributed by atoms with Crippen LogP contribution in [0.25, 0.3) is 0 Å². The van der Waals surface area contributed by atoms with E-state index in [1.54, 1.807) is 18.2 Å². The van der Waals surface area contributed by atoms with E-state index in [0.717, 1.165) is 23.4 Å². The highest BCUT2D eigenvalue weighted by atomic mass is 19.4. The molecule has 1 atom stereocenters. The Bertz CT molecular complexity index is 1070. The van der Waals surface area contributed by atoms with Gasteiger partial charge in [-0.1, -0.05) is 50.3 Å². The van der Waals surface area contributed by atoms with Crippen LogP contribution in [0.1, 0.15) is 50.3 Å². The highest BCUT2D eigenvalue weighted by Crippen LogP contribution is 2.38. The number of rotatable bonds is 7. The van der Waals surface area contributed by atoms with Gasteiger partial charge >= 0.3 is 12.1 Å². The van der Waals surface area contributed by atoms with Gasteiger partial charge in [0.2, 0.25) is 0 Å². The third-order valence-electron chi connectivity index (χ3n) is 5.19. The number of hydrogen-bond acceptors (Lipinski definition) is 4. The molecule has 1 N–H and O–H groups in total. The number of halogens is 3. The Labute approximate surface area is 192 Å². The van der Waals surface area contributed by atoms with Crippen molar-refractivity contribution in [3.05, 3.63) is 88.3 Å². The Morgan fingerprint density at radius 2 is 1.82 bits per heavy atom. The predicted molar refractivity (Wildman–Crippen MR) is 120 cm³/mol. The number of ether oxygens (including phenoxy) is 2. The predicted octanol–water partition coefficient (Wildman–Crippen LogP) is 6.35. The molecule has 1 heterocycles. The molecule has 0 aromatic heterocycles. The van der Waals surface area contributed by atoms with Crippen LogP contribution < -0.4 is 10.1 Å². The number of hydrogen-bond donors (Lipinski definition) is 1. The molecule has 0 amide bonds. The second kappa shape index (κ2) is 10.1. The lowest BCUT2D eigenvalue weighted by atomic mass is 9.86. The fourth-order valence-corrected chi connectivity index (χ4v) is 3.68. The molecule has 0 radical (unpaired) electrons. The van der Waals surface area contributed by atoms with Crippen LogP contribution in [0.3, 0.4) is 0 Å². The first kappa shape index (κ1) is 24.4. The molecule has 0 aliphatic carbocycles. The fourth-order valence-electron chi connectivity index (χ4n) is 3.68. The Morgan fingerprint density at radius 3 is 2.52 bits per heavy atom. The van der Waals surface area contributed by atoms with Crippen LogP contribution in [0.4, 0.5) is 13.2 Å². The number of carbonyl (C=O) groups is 1. The van der Waals surface area contributed by atoms with Crippen molar-refractivity contribution in [1.29, 1.82) is 0 Å². The number of alkyl halides is 3. The number of carbonyl (C=O) groups excluding carboxylic acids is 1. The second-order valence-electron chi connectivity index (χ2n) is 8.51. The Morgan fingerprint density at radius 1 is 1.09 bits per heavy atom. The van der Waals surface area contributed by atoms with Crippen molar-refractivity contribution in [2.75, 3.05) is 6.61 Å². The van der Waals surface area contributed by atoms with Gasteiger partial charge in [-0.3, -0.25) is 0 Å². The summed E-state index contributed by atoms with van der Waals surface area (Å²) in [5, 5.41) is 3.19. The van der Waals surface area contributed by atoms with Crippen LogP contribution in [0.2, 0.25) is 0 Å². The quantitative estimate of drug-likeness (QED) is 0.490. The summed E-state index contributed by atoms with van der Waals surface area (Å²) < 4.78 is 50.6. The zero-order valence-corrected chi connectivity index (χ0v) is 19.1. The first-order valence-corrected chi connectivity index (χ1v) is 10.8. The molecule has 0 fully saturated rings. The van der Waals surface area contributed by atoms with Crippen molar-refractivity contribution in [1.82, 2.24) is 5.32 Å². The van der Waals surface area contributed by atoms with Gasteiger partial charge in [0.25, 0.3) is 0 Å². The minimum absolute atomic E-state index is 0.0373. The lowest BCUT2D eigenvalue weighted by Crippen LogP contribution is -2.26. The molecule has 176 valence electrons. The molecule has 0 saturated heterocycles. The summed E-state index contributed by atoms with van der Waals surface area (Å²) in [6, 6.07) is 12.3. The van der Waals surface area contributed by atoms with Gasteiger partial charge in [0.05, 0.1) is 17.7 Å². The van der Waals surface area contributed by atoms with Gasteiger partial charge in [-0.15, -0.1) is 0 Å². The summed E-state index contributed by atoms with van der Waals surface area (Å²) >= 11 is 0. The molecule has 0 bridgehead atoms. The highest BCUT2D eigenvalue weighted by Gasteiger charge is 2.31. The average Bonchev–Trinajstić information content (AvgIpc) is 2.75. The molecule has 3 rings (SSSR count). The van der Waals surface area contributed by atoms with E-state index < -0.39 is 23.6 Å². The van der Waals surface area contributed by atoms with Gasteiger partial charge in [-0.25, -0.2) is 4.79 Å². The summed E-state index contributed by atoms with van der Waals surface area (Å²) in [5.74, 6) is -0.128. The van der Waals surface area contributed by atoms with Crippen LogP contribution in [0.15, 0.2) is 71.6 Å². The first-order valence-electron chi connectivity index (χ1n) is 10.8. The van der Waals surface area contributed by atoms with Crippen molar-refractivity contribution >= 4 is 5.97 Å². The minimum atomic E-state index is -4.42. The molecule has 2 aromatic carbocycles. The van der Waals surface area contributed by atoms with Crippen LogP contribution in [0.5, 0.6) is 5.75 Å². The molecule has 7 heteroatoms. The summed E-state index contributed by atoms with van der Waals surface area (Å²) in [6.07, 6.45) is -2.50. The van der Waals surface area contributed by atoms with Crippen LogP contribution in [-0.2, 0) is 22.3 Å². The van der Waals surface area contributed by atoms with E-state index in [2.05, 4.69) is 5.32 Å². The van der Waals surface area contributed by atoms with E-state index in [-0.39, 0.29) is 12.5 Å². The molecule has 1 aliphatic rings. The zero-order chi connectivity index (χ0) is 24.2. The van der Waals surface area contributed by atoms with Crippen LogP contribution in [0, 0.1) is 5.92 Å². The van der Waals surface area contributed by atoms with E-state index in [1.165, 1.54) is 6.07 Å². The largest absolute Gasteiger partial charge is 0.489 e. The number of dihydropyridines is 1. The molecule has 1 aliphatic heterocycles. The molecule has 33 heavy (non-hydrogen) atoms. The summed E-state index contributed by atoms with van der Waals surface area (Å²) in [7, 11) is 0.